The van der Waals surface area contributed by atoms with Crippen LogP contribution in [0.15, 0.2) is 48.5 Å². The Kier molecular flexibility index (Phi) is 5.47. The molecule has 2 aromatic rings. The van der Waals surface area contributed by atoms with Crippen molar-refractivity contribution in [1.82, 2.24) is 10.2 Å². The minimum atomic E-state index is -0.443. The zero-order chi connectivity index (χ0) is 20.4. The number of amides is 3. The molecule has 29 heavy (non-hydrogen) atoms. The van der Waals surface area contributed by atoms with Gasteiger partial charge in [-0.1, -0.05) is 6.07 Å². The average Bonchev–Trinajstić information content (AvgIpc) is 2.69. The molecule has 0 aromatic heterocycles. The van der Waals surface area contributed by atoms with E-state index in [1.807, 2.05) is 4.90 Å². The van der Waals surface area contributed by atoms with Crippen LogP contribution in [-0.2, 0) is 0 Å². The number of piperidine rings is 2. The van der Waals surface area contributed by atoms with Gasteiger partial charge in [0.1, 0.15) is 11.6 Å². The summed E-state index contributed by atoms with van der Waals surface area (Å²) < 4.78 is 26.5. The monoisotopic (exact) mass is 399 g/mol. The fourth-order valence-electron chi connectivity index (χ4n) is 4.45. The van der Waals surface area contributed by atoms with Crippen LogP contribution in [0.3, 0.4) is 0 Å². The maximum atomic E-state index is 13.4. The summed E-state index contributed by atoms with van der Waals surface area (Å²) in [4.78, 5) is 27.2. The lowest BCUT2D eigenvalue weighted by molar-refractivity contribution is 0.0577. The van der Waals surface area contributed by atoms with Gasteiger partial charge in [0, 0.05) is 29.4 Å². The van der Waals surface area contributed by atoms with Gasteiger partial charge >= 0.3 is 6.03 Å². The zero-order valence-electron chi connectivity index (χ0n) is 15.9. The van der Waals surface area contributed by atoms with Crippen LogP contribution in [0, 0.1) is 11.6 Å². The van der Waals surface area contributed by atoms with Crippen LogP contribution in [0.5, 0.6) is 0 Å². The Balaban J connectivity index is 1.41. The smallest absolute Gasteiger partial charge is 0.322 e. The molecule has 0 radical (unpaired) electrons. The van der Waals surface area contributed by atoms with Crippen molar-refractivity contribution in [3.05, 3.63) is 65.7 Å². The lowest BCUT2D eigenvalue weighted by Gasteiger charge is -2.48. The molecule has 7 heteroatoms. The first-order chi connectivity index (χ1) is 14.0. The number of anilines is 1. The quantitative estimate of drug-likeness (QED) is 0.808. The summed E-state index contributed by atoms with van der Waals surface area (Å²) in [5.41, 5.74) is 0.850. The summed E-state index contributed by atoms with van der Waals surface area (Å²) in [6.45, 7) is 0. The van der Waals surface area contributed by atoms with Gasteiger partial charge in [0.15, 0.2) is 0 Å². The van der Waals surface area contributed by atoms with Gasteiger partial charge in [-0.15, -0.1) is 0 Å². The Morgan fingerprint density at radius 3 is 2.28 bits per heavy atom. The third-order valence-corrected chi connectivity index (χ3v) is 5.73. The molecule has 2 bridgehead atoms. The molecule has 0 aliphatic carbocycles. The fourth-order valence-corrected chi connectivity index (χ4v) is 4.45. The van der Waals surface area contributed by atoms with Crippen molar-refractivity contribution in [2.45, 2.75) is 50.2 Å². The SMILES string of the molecule is O=C(NC1C[C@@H]2CCC[C@@H](C1)N2C(=O)Nc1ccc(F)cc1)c1cccc(F)c1. The summed E-state index contributed by atoms with van der Waals surface area (Å²) in [6, 6.07) is 11.1. The minimum absolute atomic E-state index is 0.0285. The first-order valence-electron chi connectivity index (χ1n) is 9.91. The van der Waals surface area contributed by atoms with Crippen LogP contribution in [-0.4, -0.2) is 35.0 Å². The maximum absolute atomic E-state index is 13.4. The van der Waals surface area contributed by atoms with Crippen molar-refractivity contribution in [2.75, 3.05) is 5.32 Å². The van der Waals surface area contributed by atoms with Crippen LogP contribution < -0.4 is 10.6 Å². The lowest BCUT2D eigenvalue weighted by atomic mass is 9.82. The molecule has 2 aliphatic rings. The van der Waals surface area contributed by atoms with E-state index in [4.69, 9.17) is 0 Å². The Labute approximate surface area is 168 Å². The maximum Gasteiger partial charge on any atom is 0.322 e. The third-order valence-electron chi connectivity index (χ3n) is 5.73. The Bertz CT molecular complexity index is 889. The topological polar surface area (TPSA) is 61.4 Å². The Hall–Kier alpha value is -2.96. The number of rotatable bonds is 3. The number of carbonyl (C=O) groups excluding carboxylic acids is 2. The number of hydrogen-bond donors (Lipinski definition) is 2. The zero-order valence-corrected chi connectivity index (χ0v) is 15.9. The van der Waals surface area contributed by atoms with E-state index in [1.165, 1.54) is 42.5 Å². The summed E-state index contributed by atoms with van der Waals surface area (Å²) in [5.74, 6) is -1.09. The normalized spacial score (nSPS) is 23.4. The Morgan fingerprint density at radius 1 is 0.931 bits per heavy atom. The summed E-state index contributed by atoms with van der Waals surface area (Å²) >= 11 is 0. The first kappa shape index (κ1) is 19.4. The summed E-state index contributed by atoms with van der Waals surface area (Å²) in [7, 11) is 0. The molecule has 2 saturated heterocycles. The highest BCUT2D eigenvalue weighted by Crippen LogP contribution is 2.34. The van der Waals surface area contributed by atoms with E-state index < -0.39 is 5.82 Å². The average molecular weight is 399 g/mol. The van der Waals surface area contributed by atoms with Crippen LogP contribution in [0.25, 0.3) is 0 Å². The van der Waals surface area contributed by atoms with Crippen LogP contribution in [0.2, 0.25) is 0 Å². The van der Waals surface area contributed by atoms with E-state index in [0.29, 0.717) is 24.1 Å². The highest BCUT2D eigenvalue weighted by Gasteiger charge is 2.41. The molecular weight excluding hydrogens is 376 g/mol. The second kappa shape index (κ2) is 8.19. The van der Waals surface area contributed by atoms with Gasteiger partial charge < -0.3 is 15.5 Å². The molecular formula is C22H23F2N3O2. The van der Waals surface area contributed by atoms with Crippen molar-refractivity contribution >= 4 is 17.6 Å². The number of halogens is 2. The molecule has 2 aromatic carbocycles. The highest BCUT2D eigenvalue weighted by molar-refractivity contribution is 5.94. The van der Waals surface area contributed by atoms with E-state index >= 15 is 0 Å². The summed E-state index contributed by atoms with van der Waals surface area (Å²) in [5, 5.41) is 5.85. The first-order valence-corrected chi connectivity index (χ1v) is 9.91. The molecule has 2 fully saturated rings. The van der Waals surface area contributed by atoms with Gasteiger partial charge in [-0.05, 0) is 74.6 Å². The van der Waals surface area contributed by atoms with Gasteiger partial charge in [-0.2, -0.15) is 0 Å². The standard InChI is InChI=1S/C22H23F2N3O2/c23-15-7-9-17(10-8-15)26-22(29)27-19-5-2-6-20(27)13-18(12-19)25-21(28)14-3-1-4-16(24)11-14/h1,3-4,7-11,18-20H,2,5-6,12-13H2,(H,25,28)(H,26,29)/t19-,20-/m0/s1. The number of carbonyl (C=O) groups is 2. The predicted molar refractivity (Wildman–Crippen MR) is 106 cm³/mol. The fraction of sp³-hybridized carbons (Fsp3) is 0.364. The summed E-state index contributed by atoms with van der Waals surface area (Å²) in [6.07, 6.45) is 4.11. The molecule has 4 rings (SSSR count). The molecule has 2 heterocycles. The van der Waals surface area contributed by atoms with E-state index in [-0.39, 0.29) is 35.9 Å². The molecule has 0 spiro atoms. The van der Waals surface area contributed by atoms with E-state index in [9.17, 15) is 18.4 Å². The number of urea groups is 1. The van der Waals surface area contributed by atoms with Gasteiger partial charge in [0.2, 0.25) is 0 Å². The van der Waals surface area contributed by atoms with E-state index in [0.717, 1.165) is 19.3 Å². The van der Waals surface area contributed by atoms with Crippen molar-refractivity contribution in [3.63, 3.8) is 0 Å². The number of fused-ring (bicyclic) bond motifs is 2. The number of nitrogens with zero attached hydrogens (tertiary/aromatic N) is 1. The third kappa shape index (κ3) is 4.39. The second-order valence-electron chi connectivity index (χ2n) is 7.74. The molecule has 2 aliphatic heterocycles. The predicted octanol–water partition coefficient (Wildman–Crippen LogP) is 4.31. The van der Waals surface area contributed by atoms with Crippen molar-refractivity contribution in [2.24, 2.45) is 0 Å². The van der Waals surface area contributed by atoms with Crippen LogP contribution in [0.1, 0.15) is 42.5 Å². The van der Waals surface area contributed by atoms with Crippen molar-refractivity contribution in [1.29, 1.82) is 0 Å². The molecule has 2 atom stereocenters. The molecule has 0 unspecified atom stereocenters. The van der Waals surface area contributed by atoms with E-state index in [2.05, 4.69) is 10.6 Å². The highest BCUT2D eigenvalue weighted by atomic mass is 19.1. The largest absolute Gasteiger partial charge is 0.349 e. The van der Waals surface area contributed by atoms with Gasteiger partial charge in [0.05, 0.1) is 0 Å². The van der Waals surface area contributed by atoms with Crippen LogP contribution >= 0.6 is 0 Å². The molecule has 152 valence electrons. The number of nitrogens with one attached hydrogen (secondary N) is 2. The second-order valence-corrected chi connectivity index (χ2v) is 7.74. The van der Waals surface area contributed by atoms with Gasteiger partial charge in [-0.25, -0.2) is 13.6 Å². The minimum Gasteiger partial charge on any atom is -0.349 e. The number of hydrogen-bond acceptors (Lipinski definition) is 2. The molecule has 3 amide bonds. The van der Waals surface area contributed by atoms with Crippen molar-refractivity contribution in [3.8, 4) is 0 Å². The van der Waals surface area contributed by atoms with Crippen molar-refractivity contribution < 1.29 is 18.4 Å². The molecule has 0 saturated carbocycles. The van der Waals surface area contributed by atoms with Crippen LogP contribution in [0.4, 0.5) is 19.3 Å². The van der Waals surface area contributed by atoms with E-state index in [1.54, 1.807) is 6.07 Å². The Morgan fingerprint density at radius 2 is 1.62 bits per heavy atom. The molecule has 2 N–H and O–H groups in total. The lowest BCUT2D eigenvalue weighted by Crippen LogP contribution is -2.59. The van der Waals surface area contributed by atoms with Gasteiger partial charge in [0.25, 0.3) is 5.91 Å². The molecule has 5 nitrogen and oxygen atoms in total. The van der Waals surface area contributed by atoms with Gasteiger partial charge in [-0.3, -0.25) is 4.79 Å². The number of benzene rings is 2.